The van der Waals surface area contributed by atoms with Gasteiger partial charge in [-0.25, -0.2) is 4.98 Å². The third-order valence-corrected chi connectivity index (χ3v) is 6.19. The summed E-state index contributed by atoms with van der Waals surface area (Å²) >= 11 is 0. The number of para-hydroxylation sites is 1. The topological polar surface area (TPSA) is 56.7 Å². The monoisotopic (exact) mass is 389 g/mol. The molecule has 0 saturated carbocycles. The molecule has 7 heteroatoms. The third kappa shape index (κ3) is 3.46. The van der Waals surface area contributed by atoms with Crippen LogP contribution in [0, 0.1) is 0 Å². The fraction of sp³-hybridized carbons (Fsp3) is 0.409. The first-order valence-corrected chi connectivity index (χ1v) is 10.3. The number of benzene rings is 1. The molecular weight excluding hydrogens is 362 g/mol. The molecule has 0 radical (unpaired) electrons. The molecule has 1 atom stereocenters. The van der Waals surface area contributed by atoms with E-state index in [2.05, 4.69) is 73.6 Å². The molecule has 0 unspecified atom stereocenters. The average molecular weight is 390 g/mol. The summed E-state index contributed by atoms with van der Waals surface area (Å²) in [5.74, 6) is 2.50. The van der Waals surface area contributed by atoms with Crippen molar-refractivity contribution in [1.82, 2.24) is 33.8 Å². The van der Waals surface area contributed by atoms with E-state index in [1.54, 1.807) is 6.20 Å². The van der Waals surface area contributed by atoms with E-state index in [4.69, 9.17) is 0 Å². The summed E-state index contributed by atoms with van der Waals surface area (Å²) in [6.45, 7) is 3.84. The first-order chi connectivity index (χ1) is 14.2. The number of rotatable bonds is 5. The quantitative estimate of drug-likeness (QED) is 0.527. The van der Waals surface area contributed by atoms with Gasteiger partial charge in [-0.1, -0.05) is 18.2 Å². The van der Waals surface area contributed by atoms with Crippen LogP contribution >= 0.6 is 0 Å². The van der Waals surface area contributed by atoms with Gasteiger partial charge in [0.25, 0.3) is 0 Å². The van der Waals surface area contributed by atoms with E-state index in [9.17, 15) is 0 Å². The number of aryl methyl sites for hydroxylation is 1. The molecule has 0 bridgehead atoms. The number of hydrogen-bond acceptors (Lipinski definition) is 4. The van der Waals surface area contributed by atoms with Gasteiger partial charge < -0.3 is 13.7 Å². The van der Waals surface area contributed by atoms with Gasteiger partial charge in [0.15, 0.2) is 5.82 Å². The largest absolute Gasteiger partial charge is 0.346 e. The average Bonchev–Trinajstić information content (AvgIpc) is 3.45. The number of imidazole rings is 1. The minimum Gasteiger partial charge on any atom is -0.346 e. The van der Waals surface area contributed by atoms with E-state index in [-0.39, 0.29) is 0 Å². The van der Waals surface area contributed by atoms with Crippen molar-refractivity contribution in [2.24, 2.45) is 14.1 Å². The molecule has 0 amide bonds. The summed E-state index contributed by atoms with van der Waals surface area (Å²) in [7, 11) is 4.26. The zero-order valence-corrected chi connectivity index (χ0v) is 17.1. The van der Waals surface area contributed by atoms with Crippen molar-refractivity contribution in [2.45, 2.75) is 31.8 Å². The molecule has 150 valence electrons. The predicted molar refractivity (Wildman–Crippen MR) is 113 cm³/mol. The Balaban J connectivity index is 1.32. The first kappa shape index (κ1) is 18.1. The molecule has 1 fully saturated rings. The number of aromatic nitrogens is 6. The van der Waals surface area contributed by atoms with Gasteiger partial charge in [-0.3, -0.25) is 4.90 Å². The van der Waals surface area contributed by atoms with Crippen LogP contribution in [0.4, 0.5) is 0 Å². The Morgan fingerprint density at radius 3 is 2.79 bits per heavy atom. The molecule has 1 aliphatic rings. The lowest BCUT2D eigenvalue weighted by Gasteiger charge is -2.32. The van der Waals surface area contributed by atoms with Crippen molar-refractivity contribution in [1.29, 1.82) is 0 Å². The van der Waals surface area contributed by atoms with Gasteiger partial charge in [0, 0.05) is 56.7 Å². The fourth-order valence-electron chi connectivity index (χ4n) is 4.55. The van der Waals surface area contributed by atoms with Crippen molar-refractivity contribution in [3.63, 3.8) is 0 Å². The molecule has 4 heterocycles. The van der Waals surface area contributed by atoms with E-state index in [1.165, 1.54) is 29.4 Å². The standard InChI is InChI=1S/C22H27N7/c1-26-19(12-17-6-3-4-8-20(17)26)14-28-10-5-7-18(13-28)22-25-24-21(27(22)2)15-29-11-9-23-16-29/h3-4,6,8-9,11-12,16,18H,5,7,10,13-15H2,1-2H3/t18-/m1/s1. The second-order valence-corrected chi connectivity index (χ2v) is 8.10. The summed E-state index contributed by atoms with van der Waals surface area (Å²) in [5, 5.41) is 10.3. The lowest BCUT2D eigenvalue weighted by atomic mass is 9.97. The highest BCUT2D eigenvalue weighted by atomic mass is 15.3. The number of fused-ring (bicyclic) bond motifs is 1. The molecule has 1 saturated heterocycles. The van der Waals surface area contributed by atoms with Crippen LogP contribution in [0.5, 0.6) is 0 Å². The SMILES string of the molecule is Cn1c(Cn2ccnc2)nnc1[C@@H]1CCCN(Cc2cc3ccccc3n2C)C1. The maximum absolute atomic E-state index is 4.56. The van der Waals surface area contributed by atoms with E-state index in [0.717, 1.165) is 31.3 Å². The molecule has 3 aromatic heterocycles. The molecule has 0 aliphatic carbocycles. The summed E-state index contributed by atoms with van der Waals surface area (Å²) in [6, 6.07) is 10.9. The molecule has 5 rings (SSSR count). The molecule has 0 spiro atoms. The summed E-state index contributed by atoms with van der Waals surface area (Å²) in [5.41, 5.74) is 2.67. The summed E-state index contributed by atoms with van der Waals surface area (Å²) in [4.78, 5) is 6.68. The highest BCUT2D eigenvalue weighted by Gasteiger charge is 2.26. The van der Waals surface area contributed by atoms with Crippen molar-refractivity contribution in [3.8, 4) is 0 Å². The van der Waals surface area contributed by atoms with E-state index < -0.39 is 0 Å². The second kappa shape index (κ2) is 7.48. The smallest absolute Gasteiger partial charge is 0.152 e. The zero-order valence-electron chi connectivity index (χ0n) is 17.1. The Bertz CT molecular complexity index is 1110. The number of piperidine rings is 1. The van der Waals surface area contributed by atoms with Gasteiger partial charge in [-0.2, -0.15) is 0 Å². The van der Waals surface area contributed by atoms with Gasteiger partial charge in [-0.15, -0.1) is 10.2 Å². The zero-order chi connectivity index (χ0) is 19.8. The molecule has 0 N–H and O–H groups in total. The molecule has 7 nitrogen and oxygen atoms in total. The number of hydrogen-bond donors (Lipinski definition) is 0. The van der Waals surface area contributed by atoms with Crippen LogP contribution in [-0.2, 0) is 27.2 Å². The molecule has 1 aliphatic heterocycles. The van der Waals surface area contributed by atoms with Crippen LogP contribution < -0.4 is 0 Å². The third-order valence-electron chi connectivity index (χ3n) is 6.19. The van der Waals surface area contributed by atoms with Gasteiger partial charge >= 0.3 is 0 Å². The van der Waals surface area contributed by atoms with Gasteiger partial charge in [0.1, 0.15) is 5.82 Å². The minimum absolute atomic E-state index is 0.424. The van der Waals surface area contributed by atoms with E-state index in [1.807, 2.05) is 17.1 Å². The fourth-order valence-corrected chi connectivity index (χ4v) is 4.55. The second-order valence-electron chi connectivity index (χ2n) is 8.10. The van der Waals surface area contributed by atoms with Crippen molar-refractivity contribution >= 4 is 10.9 Å². The van der Waals surface area contributed by atoms with Crippen LogP contribution in [0.25, 0.3) is 10.9 Å². The Morgan fingerprint density at radius 1 is 1.07 bits per heavy atom. The van der Waals surface area contributed by atoms with Crippen molar-refractivity contribution in [2.75, 3.05) is 13.1 Å². The van der Waals surface area contributed by atoms with Gasteiger partial charge in [0.2, 0.25) is 0 Å². The lowest BCUT2D eigenvalue weighted by Crippen LogP contribution is -2.35. The Labute approximate surface area is 170 Å². The maximum Gasteiger partial charge on any atom is 0.152 e. The number of nitrogens with zero attached hydrogens (tertiary/aromatic N) is 7. The predicted octanol–water partition coefficient (Wildman–Crippen LogP) is 2.93. The highest BCUT2D eigenvalue weighted by molar-refractivity contribution is 5.81. The van der Waals surface area contributed by atoms with E-state index in [0.29, 0.717) is 12.5 Å². The minimum atomic E-state index is 0.424. The van der Waals surface area contributed by atoms with E-state index >= 15 is 0 Å². The van der Waals surface area contributed by atoms with Crippen LogP contribution in [0.1, 0.15) is 36.1 Å². The molecule has 1 aromatic carbocycles. The summed E-state index contributed by atoms with van der Waals surface area (Å²) < 4.78 is 6.52. The molecular formula is C22H27N7. The lowest BCUT2D eigenvalue weighted by molar-refractivity contribution is 0.191. The Kier molecular flexibility index (Phi) is 4.67. The molecule has 4 aromatic rings. The van der Waals surface area contributed by atoms with Gasteiger partial charge in [0.05, 0.1) is 12.9 Å². The normalized spacial score (nSPS) is 17.9. The van der Waals surface area contributed by atoms with Crippen LogP contribution in [0.15, 0.2) is 49.1 Å². The number of likely N-dealkylation sites (tertiary alicyclic amines) is 1. The van der Waals surface area contributed by atoms with Gasteiger partial charge in [-0.05, 0) is 36.9 Å². The highest BCUT2D eigenvalue weighted by Crippen LogP contribution is 2.28. The van der Waals surface area contributed by atoms with Crippen LogP contribution in [0.3, 0.4) is 0 Å². The van der Waals surface area contributed by atoms with Crippen molar-refractivity contribution in [3.05, 3.63) is 66.4 Å². The summed E-state index contributed by atoms with van der Waals surface area (Å²) in [6.07, 6.45) is 7.94. The van der Waals surface area contributed by atoms with Crippen LogP contribution in [0.2, 0.25) is 0 Å². The van der Waals surface area contributed by atoms with Crippen molar-refractivity contribution < 1.29 is 0 Å². The Morgan fingerprint density at radius 2 is 1.97 bits per heavy atom. The first-order valence-electron chi connectivity index (χ1n) is 10.3. The van der Waals surface area contributed by atoms with Crippen LogP contribution in [-0.4, -0.2) is 46.9 Å². The maximum atomic E-state index is 4.56. The Hall–Kier alpha value is -2.93. The molecule has 29 heavy (non-hydrogen) atoms.